The molecule has 0 saturated heterocycles. The van der Waals surface area contributed by atoms with Crippen LogP contribution in [0.1, 0.15) is 32.6 Å². The summed E-state index contributed by atoms with van der Waals surface area (Å²) < 4.78 is 4.73. The average Bonchev–Trinajstić information content (AvgIpc) is 2.12. The summed E-state index contributed by atoms with van der Waals surface area (Å²) in [6, 6.07) is 1.51. The van der Waals surface area contributed by atoms with Crippen LogP contribution in [0.2, 0.25) is 0 Å². The normalized spacial score (nSPS) is 11.8. The van der Waals surface area contributed by atoms with Crippen LogP contribution in [0.3, 0.4) is 0 Å². The van der Waals surface area contributed by atoms with E-state index in [1.54, 1.807) is 6.92 Å². The quantitative estimate of drug-likeness (QED) is 0.492. The van der Waals surface area contributed by atoms with Gasteiger partial charge in [-0.05, 0) is 19.8 Å². The fourth-order valence-electron chi connectivity index (χ4n) is 0.935. The van der Waals surface area contributed by atoms with Gasteiger partial charge in [-0.3, -0.25) is 4.79 Å². The Labute approximate surface area is 78.7 Å². The minimum Gasteiger partial charge on any atom is -0.465 e. The molecule has 0 aliphatic carbocycles. The molecule has 0 aromatic heterocycles. The monoisotopic (exact) mass is 184 g/mol. The maximum atomic E-state index is 11.0. The van der Waals surface area contributed by atoms with Gasteiger partial charge in [0.2, 0.25) is 0 Å². The summed E-state index contributed by atoms with van der Waals surface area (Å²) >= 11 is 0. The molecule has 2 N–H and O–H groups in total. The van der Waals surface area contributed by atoms with Crippen molar-refractivity contribution in [2.75, 3.05) is 6.61 Å². The van der Waals surface area contributed by atoms with Crippen LogP contribution in [-0.4, -0.2) is 18.6 Å². The molecule has 0 amide bonds. The highest BCUT2D eigenvalue weighted by Crippen LogP contribution is 2.02. The highest BCUT2D eigenvalue weighted by Gasteiger charge is 2.13. The Kier molecular flexibility index (Phi) is 6.93. The van der Waals surface area contributed by atoms with E-state index in [9.17, 15) is 4.79 Å². The fourth-order valence-corrected chi connectivity index (χ4v) is 0.935. The van der Waals surface area contributed by atoms with Gasteiger partial charge < -0.3 is 10.5 Å². The lowest BCUT2D eigenvalue weighted by Gasteiger charge is -2.08. The molecular weight excluding hydrogens is 168 g/mol. The maximum absolute atomic E-state index is 11.0. The molecule has 0 radical (unpaired) electrons. The molecule has 0 spiro atoms. The summed E-state index contributed by atoms with van der Waals surface area (Å²) in [6.07, 6.45) is 2.72. The van der Waals surface area contributed by atoms with E-state index in [1.165, 1.54) is 0 Å². The van der Waals surface area contributed by atoms with E-state index in [2.05, 4.69) is 0 Å². The van der Waals surface area contributed by atoms with Gasteiger partial charge in [0.1, 0.15) is 6.04 Å². The van der Waals surface area contributed by atoms with Crippen LogP contribution in [0, 0.1) is 11.3 Å². The zero-order valence-electron chi connectivity index (χ0n) is 7.95. The van der Waals surface area contributed by atoms with E-state index in [4.69, 9.17) is 15.7 Å². The minimum atomic E-state index is -0.529. The molecule has 0 rings (SSSR count). The molecular formula is C9H16N2O2. The summed E-state index contributed by atoms with van der Waals surface area (Å²) in [5, 5.41) is 8.25. The third-order valence-electron chi connectivity index (χ3n) is 1.64. The van der Waals surface area contributed by atoms with Crippen molar-refractivity contribution in [2.45, 2.75) is 38.6 Å². The van der Waals surface area contributed by atoms with E-state index in [-0.39, 0.29) is 5.97 Å². The Hall–Kier alpha value is -1.08. The molecule has 0 fully saturated rings. The Morgan fingerprint density at radius 1 is 1.62 bits per heavy atom. The van der Waals surface area contributed by atoms with Crippen molar-refractivity contribution < 1.29 is 9.53 Å². The van der Waals surface area contributed by atoms with Crippen LogP contribution in [-0.2, 0) is 9.53 Å². The van der Waals surface area contributed by atoms with Crippen LogP contribution in [0.25, 0.3) is 0 Å². The van der Waals surface area contributed by atoms with Crippen molar-refractivity contribution in [1.29, 1.82) is 5.26 Å². The van der Waals surface area contributed by atoms with E-state index < -0.39 is 6.04 Å². The number of hydrogen-bond donors (Lipinski definition) is 1. The standard InChI is InChI=1S/C9H16N2O2/c1-2-13-9(12)8(11)6-4-3-5-7-10/h8H,2-6,11H2,1H3. The van der Waals surface area contributed by atoms with Gasteiger partial charge in [-0.2, -0.15) is 5.26 Å². The number of nitrogens with two attached hydrogens (primary N) is 1. The lowest BCUT2D eigenvalue weighted by Crippen LogP contribution is -2.32. The first-order valence-electron chi connectivity index (χ1n) is 4.51. The first-order valence-corrected chi connectivity index (χ1v) is 4.51. The second-order valence-corrected chi connectivity index (χ2v) is 2.76. The first-order chi connectivity index (χ1) is 6.22. The molecule has 0 aliphatic rings. The smallest absolute Gasteiger partial charge is 0.322 e. The number of hydrogen-bond acceptors (Lipinski definition) is 4. The Balaban J connectivity index is 3.45. The maximum Gasteiger partial charge on any atom is 0.322 e. The van der Waals surface area contributed by atoms with Crippen molar-refractivity contribution in [3.05, 3.63) is 0 Å². The van der Waals surface area contributed by atoms with Crippen LogP contribution in [0.15, 0.2) is 0 Å². The highest BCUT2D eigenvalue weighted by atomic mass is 16.5. The van der Waals surface area contributed by atoms with E-state index in [1.807, 2.05) is 6.07 Å². The van der Waals surface area contributed by atoms with E-state index in [0.29, 0.717) is 19.4 Å². The van der Waals surface area contributed by atoms with E-state index >= 15 is 0 Å². The Bertz CT molecular complexity index is 187. The van der Waals surface area contributed by atoms with Gasteiger partial charge in [0.15, 0.2) is 0 Å². The van der Waals surface area contributed by atoms with Crippen molar-refractivity contribution in [3.8, 4) is 6.07 Å². The summed E-state index contributed by atoms with van der Waals surface area (Å²) in [4.78, 5) is 11.0. The molecule has 0 saturated carbocycles. The number of esters is 1. The molecule has 0 aromatic carbocycles. The van der Waals surface area contributed by atoms with Crippen LogP contribution >= 0.6 is 0 Å². The summed E-state index contributed by atoms with van der Waals surface area (Å²) in [5.74, 6) is -0.348. The van der Waals surface area contributed by atoms with Crippen LogP contribution in [0.4, 0.5) is 0 Å². The van der Waals surface area contributed by atoms with Crippen molar-refractivity contribution in [1.82, 2.24) is 0 Å². The number of rotatable bonds is 6. The minimum absolute atomic E-state index is 0.348. The second kappa shape index (κ2) is 7.56. The molecule has 4 heteroatoms. The van der Waals surface area contributed by atoms with Crippen molar-refractivity contribution in [3.63, 3.8) is 0 Å². The van der Waals surface area contributed by atoms with Gasteiger partial charge in [0.05, 0.1) is 12.7 Å². The van der Waals surface area contributed by atoms with Gasteiger partial charge >= 0.3 is 5.97 Å². The number of ether oxygens (including phenoxy) is 1. The number of unbranched alkanes of at least 4 members (excludes halogenated alkanes) is 2. The van der Waals surface area contributed by atoms with Crippen molar-refractivity contribution >= 4 is 5.97 Å². The van der Waals surface area contributed by atoms with Crippen molar-refractivity contribution in [2.24, 2.45) is 5.73 Å². The number of nitrogens with zero attached hydrogens (tertiary/aromatic N) is 1. The number of carbonyl (C=O) groups is 1. The fraction of sp³-hybridized carbons (Fsp3) is 0.778. The van der Waals surface area contributed by atoms with Gasteiger partial charge in [0.25, 0.3) is 0 Å². The number of nitriles is 1. The summed E-state index contributed by atoms with van der Waals surface area (Å²) in [7, 11) is 0. The Morgan fingerprint density at radius 3 is 2.85 bits per heavy atom. The molecule has 0 aliphatic heterocycles. The molecule has 13 heavy (non-hydrogen) atoms. The third-order valence-corrected chi connectivity index (χ3v) is 1.64. The average molecular weight is 184 g/mol. The number of carbonyl (C=O) groups excluding carboxylic acids is 1. The summed E-state index contributed by atoms with van der Waals surface area (Å²) in [5.41, 5.74) is 5.53. The molecule has 4 nitrogen and oxygen atoms in total. The predicted octanol–water partition coefficient (Wildman–Crippen LogP) is 0.961. The highest BCUT2D eigenvalue weighted by molar-refractivity contribution is 5.75. The van der Waals surface area contributed by atoms with E-state index in [0.717, 1.165) is 12.8 Å². The van der Waals surface area contributed by atoms with Gasteiger partial charge in [-0.15, -0.1) is 0 Å². The van der Waals surface area contributed by atoms with Gasteiger partial charge in [-0.25, -0.2) is 0 Å². The molecule has 1 unspecified atom stereocenters. The van der Waals surface area contributed by atoms with Gasteiger partial charge in [-0.1, -0.05) is 6.42 Å². The molecule has 0 heterocycles. The molecule has 0 bridgehead atoms. The van der Waals surface area contributed by atoms with Gasteiger partial charge in [0, 0.05) is 6.42 Å². The van der Waals surface area contributed by atoms with Crippen LogP contribution < -0.4 is 5.73 Å². The second-order valence-electron chi connectivity index (χ2n) is 2.76. The summed E-state index contributed by atoms with van der Waals surface area (Å²) in [6.45, 7) is 2.12. The first kappa shape index (κ1) is 11.9. The molecule has 0 aromatic rings. The Morgan fingerprint density at radius 2 is 2.31 bits per heavy atom. The largest absolute Gasteiger partial charge is 0.465 e. The zero-order chi connectivity index (χ0) is 10.1. The lowest BCUT2D eigenvalue weighted by atomic mass is 10.1. The SMILES string of the molecule is CCOC(=O)C(N)CCCCC#N. The predicted molar refractivity (Wildman–Crippen MR) is 48.7 cm³/mol. The topological polar surface area (TPSA) is 76.1 Å². The zero-order valence-corrected chi connectivity index (χ0v) is 7.95. The molecule has 74 valence electrons. The molecule has 1 atom stereocenters. The lowest BCUT2D eigenvalue weighted by molar-refractivity contribution is -0.144. The van der Waals surface area contributed by atoms with Crippen LogP contribution in [0.5, 0.6) is 0 Å². The third kappa shape index (κ3) is 6.12.